The van der Waals surface area contributed by atoms with Crippen LogP contribution in [0.15, 0.2) is 24.3 Å². The summed E-state index contributed by atoms with van der Waals surface area (Å²) < 4.78 is 0. The Morgan fingerprint density at radius 3 is 2.68 bits per heavy atom. The maximum Gasteiger partial charge on any atom is 0.0524 e. The molecule has 0 aromatic heterocycles. The van der Waals surface area contributed by atoms with Crippen molar-refractivity contribution in [2.24, 2.45) is 0 Å². The monoisotopic (exact) mass is 305 g/mol. The maximum atomic E-state index is 9.33. The van der Waals surface area contributed by atoms with E-state index in [1.807, 2.05) is 6.92 Å². The van der Waals surface area contributed by atoms with Crippen LogP contribution in [0.5, 0.6) is 0 Å². The van der Waals surface area contributed by atoms with Gasteiger partial charge in [-0.25, -0.2) is 0 Å². The summed E-state index contributed by atoms with van der Waals surface area (Å²) in [5.74, 6) is 0. The summed E-state index contributed by atoms with van der Waals surface area (Å²) in [6, 6.07) is 9.30. The Labute approximate surface area is 135 Å². The standard InChI is InChI=1S/C18H31N3O/c1-15(22)8-11-19-14-16-6-4-5-7-18(16)21(3)17-9-12-20(2)13-10-17/h4-7,15,17,19,22H,8-14H2,1-3H3. The smallest absolute Gasteiger partial charge is 0.0524 e. The van der Waals surface area contributed by atoms with Gasteiger partial charge >= 0.3 is 0 Å². The number of rotatable bonds is 7. The van der Waals surface area contributed by atoms with Gasteiger partial charge in [-0.05, 0) is 64.5 Å². The highest BCUT2D eigenvalue weighted by atomic mass is 16.3. The van der Waals surface area contributed by atoms with Crippen LogP contribution in [-0.2, 0) is 6.54 Å². The minimum atomic E-state index is -0.232. The third kappa shape index (κ3) is 4.97. The molecule has 1 aromatic rings. The number of hydrogen-bond acceptors (Lipinski definition) is 4. The van der Waals surface area contributed by atoms with E-state index < -0.39 is 0 Å². The summed E-state index contributed by atoms with van der Waals surface area (Å²) in [5.41, 5.74) is 2.68. The molecule has 4 nitrogen and oxygen atoms in total. The van der Waals surface area contributed by atoms with Gasteiger partial charge in [-0.15, -0.1) is 0 Å². The van der Waals surface area contributed by atoms with Crippen molar-refractivity contribution in [3.05, 3.63) is 29.8 Å². The molecule has 0 aliphatic carbocycles. The molecule has 0 bridgehead atoms. The van der Waals surface area contributed by atoms with Crippen LogP contribution in [0.3, 0.4) is 0 Å². The van der Waals surface area contributed by atoms with Gasteiger partial charge in [0.1, 0.15) is 0 Å². The Kier molecular flexibility index (Phi) is 6.68. The highest BCUT2D eigenvalue weighted by Crippen LogP contribution is 2.25. The number of hydrogen-bond donors (Lipinski definition) is 2. The van der Waals surface area contributed by atoms with Crippen LogP contribution in [0.2, 0.25) is 0 Å². The van der Waals surface area contributed by atoms with Crippen molar-refractivity contribution < 1.29 is 5.11 Å². The molecule has 0 spiro atoms. The lowest BCUT2D eigenvalue weighted by molar-refractivity contribution is 0.183. The average molecular weight is 305 g/mol. The summed E-state index contributed by atoms with van der Waals surface area (Å²) in [7, 11) is 4.43. The first-order valence-corrected chi connectivity index (χ1v) is 8.46. The second-order valence-corrected chi connectivity index (χ2v) is 6.59. The molecule has 0 saturated carbocycles. The molecule has 22 heavy (non-hydrogen) atoms. The highest BCUT2D eigenvalue weighted by molar-refractivity contribution is 5.53. The molecule has 2 N–H and O–H groups in total. The van der Waals surface area contributed by atoms with E-state index in [0.717, 1.165) is 19.5 Å². The molecule has 1 saturated heterocycles. The number of benzene rings is 1. The molecule has 1 aromatic carbocycles. The van der Waals surface area contributed by atoms with E-state index in [9.17, 15) is 5.11 Å². The molecule has 4 heteroatoms. The SMILES string of the molecule is CC(O)CCNCc1ccccc1N(C)C1CCN(C)CC1. The van der Waals surface area contributed by atoms with E-state index in [4.69, 9.17) is 0 Å². The first-order valence-electron chi connectivity index (χ1n) is 8.46. The van der Waals surface area contributed by atoms with Crippen molar-refractivity contribution in [1.29, 1.82) is 0 Å². The molecular weight excluding hydrogens is 274 g/mol. The fourth-order valence-corrected chi connectivity index (χ4v) is 3.12. The van der Waals surface area contributed by atoms with E-state index in [1.54, 1.807) is 0 Å². The van der Waals surface area contributed by atoms with Crippen molar-refractivity contribution in [2.75, 3.05) is 38.6 Å². The van der Waals surface area contributed by atoms with Gasteiger partial charge in [0.15, 0.2) is 0 Å². The number of aliphatic hydroxyl groups excluding tert-OH is 1. The lowest BCUT2D eigenvalue weighted by atomic mass is 10.0. The average Bonchev–Trinajstić information content (AvgIpc) is 2.52. The minimum absolute atomic E-state index is 0.232. The van der Waals surface area contributed by atoms with Gasteiger partial charge < -0.3 is 20.2 Å². The van der Waals surface area contributed by atoms with Crippen molar-refractivity contribution in [3.8, 4) is 0 Å². The summed E-state index contributed by atoms with van der Waals surface area (Å²) in [4.78, 5) is 4.87. The molecular formula is C18H31N3O. The van der Waals surface area contributed by atoms with Crippen LogP contribution in [0.25, 0.3) is 0 Å². The van der Waals surface area contributed by atoms with Gasteiger partial charge in [-0.2, -0.15) is 0 Å². The third-order valence-electron chi connectivity index (χ3n) is 4.66. The van der Waals surface area contributed by atoms with Gasteiger partial charge in [-0.1, -0.05) is 18.2 Å². The lowest BCUT2D eigenvalue weighted by Gasteiger charge is -2.37. The Morgan fingerprint density at radius 2 is 2.00 bits per heavy atom. The fraction of sp³-hybridized carbons (Fsp3) is 0.667. The van der Waals surface area contributed by atoms with Gasteiger partial charge in [0.25, 0.3) is 0 Å². The molecule has 2 rings (SSSR count). The zero-order valence-electron chi connectivity index (χ0n) is 14.3. The van der Waals surface area contributed by atoms with Crippen LogP contribution < -0.4 is 10.2 Å². The third-order valence-corrected chi connectivity index (χ3v) is 4.66. The predicted molar refractivity (Wildman–Crippen MR) is 93.4 cm³/mol. The van der Waals surface area contributed by atoms with E-state index >= 15 is 0 Å². The lowest BCUT2D eigenvalue weighted by Crippen LogP contribution is -2.42. The normalized spacial score (nSPS) is 18.4. The molecule has 124 valence electrons. The summed E-state index contributed by atoms with van der Waals surface area (Å²) in [6.45, 7) is 5.92. The van der Waals surface area contributed by atoms with Crippen molar-refractivity contribution in [1.82, 2.24) is 10.2 Å². The molecule has 1 aliphatic heterocycles. The summed E-state index contributed by atoms with van der Waals surface area (Å²) in [5, 5.41) is 12.8. The zero-order valence-corrected chi connectivity index (χ0v) is 14.3. The molecule has 1 unspecified atom stereocenters. The maximum absolute atomic E-state index is 9.33. The Hall–Kier alpha value is -1.10. The number of aliphatic hydroxyl groups is 1. The number of anilines is 1. The zero-order chi connectivity index (χ0) is 15.9. The topological polar surface area (TPSA) is 38.7 Å². The van der Waals surface area contributed by atoms with Crippen LogP contribution in [0.1, 0.15) is 31.7 Å². The van der Waals surface area contributed by atoms with Gasteiger partial charge in [0.2, 0.25) is 0 Å². The summed E-state index contributed by atoms with van der Waals surface area (Å²) in [6.07, 6.45) is 3.03. The van der Waals surface area contributed by atoms with E-state index in [1.165, 1.54) is 37.2 Å². The van der Waals surface area contributed by atoms with Crippen molar-refractivity contribution in [2.45, 2.75) is 44.9 Å². The minimum Gasteiger partial charge on any atom is -0.393 e. The molecule has 1 aliphatic rings. The number of likely N-dealkylation sites (tertiary alicyclic amines) is 1. The van der Waals surface area contributed by atoms with Crippen LogP contribution in [0, 0.1) is 0 Å². The van der Waals surface area contributed by atoms with Crippen LogP contribution in [0.4, 0.5) is 5.69 Å². The number of piperidine rings is 1. The van der Waals surface area contributed by atoms with E-state index in [2.05, 4.69) is 53.5 Å². The first kappa shape index (κ1) is 17.3. The van der Waals surface area contributed by atoms with Crippen molar-refractivity contribution in [3.63, 3.8) is 0 Å². The fourth-order valence-electron chi connectivity index (χ4n) is 3.12. The van der Waals surface area contributed by atoms with E-state index in [0.29, 0.717) is 6.04 Å². The summed E-state index contributed by atoms with van der Waals surface area (Å²) >= 11 is 0. The van der Waals surface area contributed by atoms with E-state index in [-0.39, 0.29) is 6.10 Å². The van der Waals surface area contributed by atoms with Gasteiger partial charge in [0.05, 0.1) is 6.10 Å². The second-order valence-electron chi connectivity index (χ2n) is 6.59. The number of nitrogens with zero attached hydrogens (tertiary/aromatic N) is 2. The molecule has 0 radical (unpaired) electrons. The quantitative estimate of drug-likeness (QED) is 0.757. The highest BCUT2D eigenvalue weighted by Gasteiger charge is 2.21. The first-order chi connectivity index (χ1) is 10.6. The van der Waals surface area contributed by atoms with Crippen LogP contribution in [-0.4, -0.2) is 55.9 Å². The van der Waals surface area contributed by atoms with Crippen LogP contribution >= 0.6 is 0 Å². The molecule has 1 atom stereocenters. The second kappa shape index (κ2) is 8.51. The molecule has 0 amide bonds. The number of para-hydroxylation sites is 1. The Balaban J connectivity index is 1.95. The number of nitrogens with one attached hydrogen (secondary N) is 1. The Bertz CT molecular complexity index is 442. The predicted octanol–water partition coefficient (Wildman–Crippen LogP) is 2.08. The van der Waals surface area contributed by atoms with Gasteiger partial charge in [-0.3, -0.25) is 0 Å². The molecule has 1 heterocycles. The largest absolute Gasteiger partial charge is 0.393 e. The Morgan fingerprint density at radius 1 is 1.32 bits per heavy atom. The van der Waals surface area contributed by atoms with Gasteiger partial charge in [0, 0.05) is 25.3 Å². The molecule has 1 fully saturated rings. The van der Waals surface area contributed by atoms with Crippen molar-refractivity contribution >= 4 is 5.69 Å².